The van der Waals surface area contributed by atoms with Crippen molar-refractivity contribution in [2.24, 2.45) is 5.92 Å². The van der Waals surface area contributed by atoms with Gasteiger partial charge in [0.15, 0.2) is 0 Å². The Hall–Kier alpha value is -3.17. The first-order valence-corrected chi connectivity index (χ1v) is 10.4. The lowest BCUT2D eigenvalue weighted by atomic mass is 10.1. The molecular formula is C22H23F3N4O3. The Bertz CT molecular complexity index is 1020. The van der Waals surface area contributed by atoms with Crippen LogP contribution in [-0.4, -0.2) is 42.0 Å². The van der Waals surface area contributed by atoms with E-state index in [1.165, 1.54) is 12.0 Å². The average molecular weight is 448 g/mol. The van der Waals surface area contributed by atoms with Crippen LogP contribution in [0.5, 0.6) is 5.75 Å². The van der Waals surface area contributed by atoms with Crippen LogP contribution in [0.25, 0.3) is 0 Å². The molecule has 1 N–H and O–H groups in total. The molecule has 2 aromatic rings. The fourth-order valence-electron chi connectivity index (χ4n) is 3.72. The molecule has 1 aliphatic heterocycles. The molecule has 1 saturated heterocycles. The lowest BCUT2D eigenvalue weighted by molar-refractivity contribution is -0.141. The molecule has 2 heterocycles. The van der Waals surface area contributed by atoms with Crippen LogP contribution in [0.1, 0.15) is 42.4 Å². The quantitative estimate of drug-likeness (QED) is 0.704. The zero-order chi connectivity index (χ0) is 22.9. The minimum Gasteiger partial charge on any atom is -0.497 e. The highest BCUT2D eigenvalue weighted by Crippen LogP contribution is 2.40. The van der Waals surface area contributed by atoms with Crippen molar-refractivity contribution < 1.29 is 27.5 Å². The van der Waals surface area contributed by atoms with Crippen molar-refractivity contribution in [2.75, 3.05) is 25.1 Å². The zero-order valence-electron chi connectivity index (χ0n) is 17.5. The van der Waals surface area contributed by atoms with Gasteiger partial charge in [-0.25, -0.2) is 9.97 Å². The Morgan fingerprint density at radius 1 is 1.25 bits per heavy atom. The lowest BCUT2D eigenvalue weighted by Crippen LogP contribution is -2.34. The van der Waals surface area contributed by atoms with Gasteiger partial charge in [0.25, 0.3) is 0 Å². The molecule has 7 nitrogen and oxygen atoms in total. The van der Waals surface area contributed by atoms with Crippen LogP contribution in [0, 0.1) is 5.92 Å². The van der Waals surface area contributed by atoms with Crippen LogP contribution in [0.3, 0.4) is 0 Å². The van der Waals surface area contributed by atoms with Gasteiger partial charge in [-0.3, -0.25) is 9.59 Å². The van der Waals surface area contributed by atoms with Gasteiger partial charge >= 0.3 is 6.18 Å². The summed E-state index contributed by atoms with van der Waals surface area (Å²) >= 11 is 0. The molecule has 0 bridgehead atoms. The standard InChI is InChI=1S/C22H23F3N4O3/c1-32-16-4-2-3-15(10-16)29-12-14(9-20(29)30)21(31)26-8-7-19-27-17(13-5-6-13)11-18(28-19)22(23,24)25/h2-4,10-11,13-14H,5-9,12H2,1H3,(H,26,31)/t14-/m1/s1. The molecule has 0 spiro atoms. The molecule has 1 saturated carbocycles. The van der Waals surface area contributed by atoms with Crippen LogP contribution in [0.4, 0.5) is 18.9 Å². The maximum absolute atomic E-state index is 13.1. The van der Waals surface area contributed by atoms with Crippen molar-refractivity contribution in [3.63, 3.8) is 0 Å². The van der Waals surface area contributed by atoms with Gasteiger partial charge in [-0.1, -0.05) is 6.07 Å². The number of hydrogen-bond donors (Lipinski definition) is 1. The number of benzene rings is 1. The third-order valence-electron chi connectivity index (χ3n) is 5.59. The molecular weight excluding hydrogens is 425 g/mol. The average Bonchev–Trinajstić information content (AvgIpc) is 3.54. The molecule has 1 aromatic heterocycles. The third-order valence-corrected chi connectivity index (χ3v) is 5.59. The predicted octanol–water partition coefficient (Wildman–Crippen LogP) is 3.09. The molecule has 170 valence electrons. The van der Waals surface area contributed by atoms with E-state index < -0.39 is 17.8 Å². The van der Waals surface area contributed by atoms with E-state index in [4.69, 9.17) is 4.74 Å². The Morgan fingerprint density at radius 3 is 2.72 bits per heavy atom. The fourth-order valence-corrected chi connectivity index (χ4v) is 3.72. The normalized spacial score (nSPS) is 18.7. The molecule has 2 aliphatic rings. The summed E-state index contributed by atoms with van der Waals surface area (Å²) in [6.45, 7) is 0.317. The number of carbonyl (C=O) groups is 2. The molecule has 4 rings (SSSR count). The van der Waals surface area contributed by atoms with Gasteiger partial charge in [0.05, 0.1) is 13.0 Å². The van der Waals surface area contributed by atoms with E-state index in [-0.39, 0.29) is 49.5 Å². The number of amides is 2. The largest absolute Gasteiger partial charge is 0.497 e. The van der Waals surface area contributed by atoms with E-state index in [9.17, 15) is 22.8 Å². The number of rotatable bonds is 7. The van der Waals surface area contributed by atoms with Crippen molar-refractivity contribution in [3.05, 3.63) is 47.5 Å². The molecule has 2 amide bonds. The van der Waals surface area contributed by atoms with E-state index in [0.29, 0.717) is 17.1 Å². The molecule has 10 heteroatoms. The third kappa shape index (κ3) is 5.00. The molecule has 1 atom stereocenters. The van der Waals surface area contributed by atoms with Crippen molar-refractivity contribution in [1.82, 2.24) is 15.3 Å². The van der Waals surface area contributed by atoms with E-state index in [1.54, 1.807) is 24.3 Å². The monoisotopic (exact) mass is 448 g/mol. The van der Waals surface area contributed by atoms with Crippen LogP contribution in [0.2, 0.25) is 0 Å². The Balaban J connectivity index is 1.35. The van der Waals surface area contributed by atoms with Gasteiger partial charge < -0.3 is 15.0 Å². The summed E-state index contributed by atoms with van der Waals surface area (Å²) in [5.74, 6) is -0.318. The first kappa shape index (κ1) is 22.0. The van der Waals surface area contributed by atoms with E-state index >= 15 is 0 Å². The second-order valence-electron chi connectivity index (χ2n) is 8.01. The van der Waals surface area contributed by atoms with Gasteiger partial charge in [0.2, 0.25) is 11.8 Å². The minimum atomic E-state index is -4.54. The van der Waals surface area contributed by atoms with Crippen molar-refractivity contribution in [2.45, 2.75) is 37.8 Å². The second-order valence-corrected chi connectivity index (χ2v) is 8.01. The Morgan fingerprint density at radius 2 is 2.03 bits per heavy atom. The molecule has 0 radical (unpaired) electrons. The Kier molecular flexibility index (Phi) is 6.03. The molecule has 1 aromatic carbocycles. The topological polar surface area (TPSA) is 84.4 Å². The highest BCUT2D eigenvalue weighted by Gasteiger charge is 2.37. The second kappa shape index (κ2) is 8.76. The maximum Gasteiger partial charge on any atom is 0.433 e. The number of hydrogen-bond acceptors (Lipinski definition) is 5. The first-order chi connectivity index (χ1) is 15.2. The SMILES string of the molecule is COc1cccc(N2C[C@H](C(=O)NCCc3nc(C4CC4)cc(C(F)(F)F)n3)CC2=O)c1. The smallest absolute Gasteiger partial charge is 0.433 e. The number of ether oxygens (including phenoxy) is 1. The predicted molar refractivity (Wildman–Crippen MR) is 109 cm³/mol. The molecule has 32 heavy (non-hydrogen) atoms. The van der Waals surface area contributed by atoms with Crippen LogP contribution < -0.4 is 15.0 Å². The van der Waals surface area contributed by atoms with Gasteiger partial charge in [-0.15, -0.1) is 0 Å². The summed E-state index contributed by atoms with van der Waals surface area (Å²) in [5, 5.41) is 2.71. The van der Waals surface area contributed by atoms with Crippen LogP contribution in [0.15, 0.2) is 30.3 Å². The van der Waals surface area contributed by atoms with Crippen molar-refractivity contribution >= 4 is 17.5 Å². The van der Waals surface area contributed by atoms with Crippen molar-refractivity contribution in [1.29, 1.82) is 0 Å². The van der Waals surface area contributed by atoms with Gasteiger partial charge in [0, 0.05) is 49.3 Å². The number of nitrogens with zero attached hydrogens (tertiary/aromatic N) is 3. The molecule has 1 aliphatic carbocycles. The number of nitrogens with one attached hydrogen (secondary N) is 1. The van der Waals surface area contributed by atoms with Gasteiger partial charge in [0.1, 0.15) is 17.3 Å². The van der Waals surface area contributed by atoms with E-state index in [0.717, 1.165) is 18.9 Å². The fraction of sp³-hybridized carbons (Fsp3) is 0.455. The maximum atomic E-state index is 13.1. The number of methoxy groups -OCH3 is 1. The number of anilines is 1. The summed E-state index contributed by atoms with van der Waals surface area (Å²) < 4.78 is 44.6. The van der Waals surface area contributed by atoms with E-state index in [2.05, 4.69) is 15.3 Å². The minimum absolute atomic E-state index is 0.0551. The summed E-state index contributed by atoms with van der Waals surface area (Å²) in [5.41, 5.74) is 0.102. The molecule has 2 fully saturated rings. The zero-order valence-corrected chi connectivity index (χ0v) is 17.5. The first-order valence-electron chi connectivity index (χ1n) is 10.4. The summed E-state index contributed by atoms with van der Waals surface area (Å²) in [4.78, 5) is 34.4. The van der Waals surface area contributed by atoms with Crippen LogP contribution in [-0.2, 0) is 22.2 Å². The Labute approximate surface area is 183 Å². The lowest BCUT2D eigenvalue weighted by Gasteiger charge is -2.17. The number of alkyl halides is 3. The van der Waals surface area contributed by atoms with Gasteiger partial charge in [-0.2, -0.15) is 13.2 Å². The summed E-state index contributed by atoms with van der Waals surface area (Å²) in [6.07, 6.45) is -2.75. The van der Waals surface area contributed by atoms with Gasteiger partial charge in [-0.05, 0) is 31.0 Å². The van der Waals surface area contributed by atoms with E-state index in [1.807, 2.05) is 0 Å². The summed E-state index contributed by atoms with van der Waals surface area (Å²) in [7, 11) is 1.53. The molecule has 0 unspecified atom stereocenters. The highest BCUT2D eigenvalue weighted by atomic mass is 19.4. The highest BCUT2D eigenvalue weighted by molar-refractivity contribution is 6.00. The number of halogens is 3. The van der Waals surface area contributed by atoms with Crippen molar-refractivity contribution in [3.8, 4) is 5.75 Å². The summed E-state index contributed by atoms with van der Waals surface area (Å²) in [6, 6.07) is 8.03. The van der Waals surface area contributed by atoms with Crippen LogP contribution >= 0.6 is 0 Å². The number of carbonyl (C=O) groups excluding carboxylic acids is 2. The number of aromatic nitrogens is 2.